The molecule has 0 spiro atoms. The van der Waals surface area contributed by atoms with Gasteiger partial charge in [0.2, 0.25) is 17.8 Å². The van der Waals surface area contributed by atoms with Crippen molar-refractivity contribution in [2.24, 2.45) is 5.10 Å². The maximum atomic E-state index is 13.3. The molecule has 2 N–H and O–H groups in total. The average Bonchev–Trinajstić information content (AvgIpc) is 2.81. The van der Waals surface area contributed by atoms with E-state index < -0.39 is 0 Å². The fourth-order valence-electron chi connectivity index (χ4n) is 3.09. The Hall–Kier alpha value is -2.33. The average molecular weight is 675 g/mol. The maximum absolute atomic E-state index is 13.3. The van der Waals surface area contributed by atoms with Crippen molar-refractivity contribution < 1.29 is 13.9 Å². The van der Waals surface area contributed by atoms with E-state index in [0.717, 1.165) is 18.5 Å². The summed E-state index contributed by atoms with van der Waals surface area (Å²) in [6.45, 7) is 2.53. The van der Waals surface area contributed by atoms with Crippen LogP contribution in [0.25, 0.3) is 0 Å². The Labute approximate surface area is 217 Å². The molecule has 12 heteroatoms. The normalized spacial score (nSPS) is 13.9. The minimum absolute atomic E-state index is 0.270. The molecule has 2 aromatic carbocycles. The molecule has 0 aliphatic carbocycles. The number of ether oxygens (including phenoxy) is 2. The summed E-state index contributed by atoms with van der Waals surface area (Å²) in [5, 5.41) is 7.41. The standard InChI is InChI=1S/C21H20FI2N7O2/c1-32-18-13(10-15(23)11-17(18)24)12-25-30-20-27-19(26-16-4-2-14(22)3-5-16)28-21(29-20)31-6-8-33-9-7-31/h2-5,10-12H,6-9H2,1H3,(H2,26,27,28,29,30)/b25-12-. The lowest BCUT2D eigenvalue weighted by atomic mass is 10.2. The molecule has 0 bridgehead atoms. The maximum Gasteiger partial charge on any atom is 0.250 e. The topological polar surface area (TPSA) is 96.8 Å². The Morgan fingerprint density at radius 3 is 2.55 bits per heavy atom. The molecule has 0 saturated carbocycles. The van der Waals surface area contributed by atoms with Crippen LogP contribution in [0, 0.1) is 13.0 Å². The van der Waals surface area contributed by atoms with Gasteiger partial charge in [-0.15, -0.1) is 0 Å². The number of hydrazone groups is 1. The second kappa shape index (κ2) is 11.2. The quantitative estimate of drug-likeness (QED) is 0.218. The Kier molecular flexibility index (Phi) is 8.08. The second-order valence-electron chi connectivity index (χ2n) is 6.89. The number of hydrogen-bond acceptors (Lipinski definition) is 9. The molecule has 1 saturated heterocycles. The lowest BCUT2D eigenvalue weighted by Crippen LogP contribution is -2.37. The van der Waals surface area contributed by atoms with Gasteiger partial charge >= 0.3 is 0 Å². The number of aromatic nitrogens is 3. The summed E-state index contributed by atoms with van der Waals surface area (Å²) in [7, 11) is 1.63. The third kappa shape index (κ3) is 6.38. The lowest BCUT2D eigenvalue weighted by Gasteiger charge is -2.27. The van der Waals surface area contributed by atoms with Crippen LogP contribution in [0.2, 0.25) is 0 Å². The van der Waals surface area contributed by atoms with E-state index in [9.17, 15) is 4.39 Å². The number of nitrogens with zero attached hydrogens (tertiary/aromatic N) is 5. The van der Waals surface area contributed by atoms with E-state index in [1.165, 1.54) is 12.1 Å². The van der Waals surface area contributed by atoms with E-state index >= 15 is 0 Å². The van der Waals surface area contributed by atoms with Crippen molar-refractivity contribution in [1.82, 2.24) is 15.0 Å². The highest BCUT2D eigenvalue weighted by molar-refractivity contribution is 14.1. The van der Waals surface area contributed by atoms with Crippen LogP contribution in [0.15, 0.2) is 41.5 Å². The number of nitrogens with one attached hydrogen (secondary N) is 2. The Balaban J connectivity index is 1.59. The molecule has 1 fully saturated rings. The molecule has 2 heterocycles. The molecule has 0 unspecified atom stereocenters. The van der Waals surface area contributed by atoms with Crippen LogP contribution >= 0.6 is 45.2 Å². The van der Waals surface area contributed by atoms with Crippen molar-refractivity contribution in [2.45, 2.75) is 0 Å². The zero-order valence-corrected chi connectivity index (χ0v) is 21.9. The van der Waals surface area contributed by atoms with Gasteiger partial charge in [-0.1, -0.05) is 0 Å². The fraction of sp³-hybridized carbons (Fsp3) is 0.238. The predicted octanol–water partition coefficient (Wildman–Crippen LogP) is 4.25. The number of anilines is 4. The third-order valence-electron chi connectivity index (χ3n) is 4.63. The van der Waals surface area contributed by atoms with Gasteiger partial charge < -0.3 is 19.7 Å². The molecule has 0 amide bonds. The lowest BCUT2D eigenvalue weighted by molar-refractivity contribution is 0.122. The molecule has 1 aliphatic rings. The van der Waals surface area contributed by atoms with Crippen molar-refractivity contribution in [3.63, 3.8) is 0 Å². The van der Waals surface area contributed by atoms with Crippen LogP contribution in [-0.4, -0.2) is 54.6 Å². The smallest absolute Gasteiger partial charge is 0.250 e. The van der Waals surface area contributed by atoms with Crippen LogP contribution in [0.5, 0.6) is 5.75 Å². The largest absolute Gasteiger partial charge is 0.495 e. The molecule has 3 aromatic rings. The molecule has 1 aliphatic heterocycles. The van der Waals surface area contributed by atoms with Crippen molar-refractivity contribution in [3.8, 4) is 5.75 Å². The summed E-state index contributed by atoms with van der Waals surface area (Å²) in [5.74, 6) is 1.51. The van der Waals surface area contributed by atoms with E-state index in [2.05, 4.69) is 76.0 Å². The number of hydrogen-bond donors (Lipinski definition) is 2. The molecular weight excluding hydrogens is 655 g/mol. The van der Waals surface area contributed by atoms with Crippen molar-refractivity contribution in [3.05, 3.63) is 54.9 Å². The van der Waals surface area contributed by atoms with Crippen molar-refractivity contribution in [2.75, 3.05) is 49.1 Å². The van der Waals surface area contributed by atoms with Gasteiger partial charge in [-0.25, -0.2) is 9.82 Å². The molecule has 1 aromatic heterocycles. The first-order chi connectivity index (χ1) is 16.0. The van der Waals surface area contributed by atoms with Gasteiger partial charge in [0.1, 0.15) is 11.6 Å². The van der Waals surface area contributed by atoms with Crippen LogP contribution in [0.4, 0.5) is 27.9 Å². The van der Waals surface area contributed by atoms with Crippen LogP contribution in [0.1, 0.15) is 5.56 Å². The highest BCUT2D eigenvalue weighted by Crippen LogP contribution is 2.27. The Morgan fingerprint density at radius 1 is 1.09 bits per heavy atom. The minimum atomic E-state index is -0.317. The van der Waals surface area contributed by atoms with Gasteiger partial charge in [-0.05, 0) is 81.6 Å². The summed E-state index contributed by atoms with van der Waals surface area (Å²) in [6, 6.07) is 9.96. The summed E-state index contributed by atoms with van der Waals surface area (Å²) < 4.78 is 26.2. The first-order valence-corrected chi connectivity index (χ1v) is 12.1. The van der Waals surface area contributed by atoms with Crippen molar-refractivity contribution >= 4 is 74.9 Å². The number of halogens is 3. The monoisotopic (exact) mass is 675 g/mol. The van der Waals surface area contributed by atoms with Gasteiger partial charge in [0, 0.05) is 27.9 Å². The molecule has 172 valence electrons. The van der Waals surface area contributed by atoms with Gasteiger partial charge in [0.15, 0.2) is 0 Å². The third-order valence-corrected chi connectivity index (χ3v) is 6.05. The zero-order chi connectivity index (χ0) is 23.2. The summed E-state index contributed by atoms with van der Waals surface area (Å²) in [4.78, 5) is 15.5. The molecular formula is C21H20FI2N7O2. The van der Waals surface area contributed by atoms with E-state index in [1.54, 1.807) is 25.5 Å². The number of methoxy groups -OCH3 is 1. The Morgan fingerprint density at radius 2 is 1.82 bits per heavy atom. The van der Waals surface area contributed by atoms with Crippen LogP contribution < -0.4 is 20.4 Å². The molecule has 0 atom stereocenters. The minimum Gasteiger partial charge on any atom is -0.495 e. The second-order valence-corrected chi connectivity index (χ2v) is 9.30. The highest BCUT2D eigenvalue weighted by atomic mass is 127. The van der Waals surface area contributed by atoms with Crippen LogP contribution in [-0.2, 0) is 4.74 Å². The fourth-order valence-corrected chi connectivity index (χ4v) is 5.20. The van der Waals surface area contributed by atoms with Crippen molar-refractivity contribution in [1.29, 1.82) is 0 Å². The van der Waals surface area contributed by atoms with Gasteiger partial charge in [-0.3, -0.25) is 0 Å². The first-order valence-electron chi connectivity index (χ1n) is 9.95. The molecule has 33 heavy (non-hydrogen) atoms. The summed E-state index contributed by atoms with van der Waals surface area (Å²) >= 11 is 4.48. The van der Waals surface area contributed by atoms with Gasteiger partial charge in [0.05, 0.1) is 30.1 Å². The van der Waals surface area contributed by atoms with E-state index in [1.807, 2.05) is 17.0 Å². The number of morpholine rings is 1. The SMILES string of the molecule is COc1c(I)cc(I)cc1/C=N\Nc1nc(Nc2ccc(F)cc2)nc(N2CCOCC2)n1. The molecule has 4 rings (SSSR count). The van der Waals surface area contributed by atoms with E-state index in [4.69, 9.17) is 9.47 Å². The highest BCUT2D eigenvalue weighted by Gasteiger charge is 2.17. The number of benzene rings is 2. The summed E-state index contributed by atoms with van der Waals surface area (Å²) in [6.07, 6.45) is 1.66. The van der Waals surface area contributed by atoms with Crippen LogP contribution in [0.3, 0.4) is 0 Å². The number of rotatable bonds is 7. The summed E-state index contributed by atoms with van der Waals surface area (Å²) in [5.41, 5.74) is 4.37. The van der Waals surface area contributed by atoms with E-state index in [-0.39, 0.29) is 11.8 Å². The Bertz CT molecular complexity index is 1140. The van der Waals surface area contributed by atoms with E-state index in [0.29, 0.717) is 43.9 Å². The van der Waals surface area contributed by atoms with Gasteiger partial charge in [0.25, 0.3) is 0 Å². The first kappa shape index (κ1) is 23.8. The molecule has 9 nitrogen and oxygen atoms in total. The predicted molar refractivity (Wildman–Crippen MR) is 142 cm³/mol. The zero-order valence-electron chi connectivity index (χ0n) is 17.6. The molecule has 0 radical (unpaired) electrons. The van der Waals surface area contributed by atoms with Gasteiger partial charge in [-0.2, -0.15) is 20.1 Å².